The molecule has 1 N–H and O–H groups in total. The van der Waals surface area contributed by atoms with E-state index in [1.165, 1.54) is 10.6 Å². The molecular weight excluding hydrogens is 322 g/mol. The molecule has 2 heterocycles. The number of hydrogen-bond donors (Lipinski definition) is 1. The highest BCUT2D eigenvalue weighted by atomic mass is 32.1. The summed E-state index contributed by atoms with van der Waals surface area (Å²) in [5.74, 6) is 1.52. The highest BCUT2D eigenvalue weighted by Gasteiger charge is 2.10. The van der Waals surface area contributed by atoms with Gasteiger partial charge in [-0.05, 0) is 18.2 Å². The molecule has 0 saturated carbocycles. The van der Waals surface area contributed by atoms with Crippen LogP contribution in [0, 0.1) is 0 Å². The van der Waals surface area contributed by atoms with Crippen molar-refractivity contribution in [3.63, 3.8) is 0 Å². The third-order valence-corrected chi connectivity index (χ3v) is 4.85. The topological polar surface area (TPSA) is 48.3 Å². The largest absolute Gasteiger partial charge is 0.493 e. The zero-order chi connectivity index (χ0) is 16.9. The minimum atomic E-state index is 0.694. The number of thiazole rings is 1. The summed E-state index contributed by atoms with van der Waals surface area (Å²) >= 11 is 1.71. The lowest BCUT2D eigenvalue weighted by molar-refractivity contribution is 0.350. The predicted octanol–water partition coefficient (Wildman–Crippen LogP) is 3.46. The third-order valence-electron chi connectivity index (χ3n) is 3.83. The third kappa shape index (κ3) is 3.44. The van der Waals surface area contributed by atoms with E-state index in [-0.39, 0.29) is 0 Å². The summed E-state index contributed by atoms with van der Waals surface area (Å²) in [5, 5.41) is 4.49. The average molecular weight is 343 g/mol. The molecule has 0 saturated heterocycles. The minimum Gasteiger partial charge on any atom is -0.493 e. The first kappa shape index (κ1) is 16.5. The van der Waals surface area contributed by atoms with Crippen molar-refractivity contribution in [3.05, 3.63) is 53.3 Å². The van der Waals surface area contributed by atoms with Gasteiger partial charge in [-0.1, -0.05) is 12.1 Å². The molecule has 0 bridgehead atoms. The predicted molar refractivity (Wildman–Crippen MR) is 96.6 cm³/mol. The monoisotopic (exact) mass is 343 g/mol. The Morgan fingerprint density at radius 2 is 2.00 bits per heavy atom. The van der Waals surface area contributed by atoms with Crippen molar-refractivity contribution in [1.82, 2.24) is 14.9 Å². The molecule has 0 fully saturated rings. The fourth-order valence-electron chi connectivity index (χ4n) is 2.62. The molecule has 24 heavy (non-hydrogen) atoms. The first-order valence-corrected chi connectivity index (χ1v) is 8.51. The van der Waals surface area contributed by atoms with E-state index in [2.05, 4.69) is 20.9 Å². The summed E-state index contributed by atoms with van der Waals surface area (Å²) < 4.78 is 12.9. The Morgan fingerprint density at radius 3 is 2.71 bits per heavy atom. The molecule has 0 atom stereocenters. The number of para-hydroxylation sites is 1. The summed E-state index contributed by atoms with van der Waals surface area (Å²) in [6.07, 6.45) is 3.98. The second-order valence-electron chi connectivity index (χ2n) is 5.38. The van der Waals surface area contributed by atoms with Crippen molar-refractivity contribution >= 4 is 11.3 Å². The zero-order valence-electron chi connectivity index (χ0n) is 14.1. The standard InChI is InChI=1S/C18H21N3O2S/c1-21-9-5-7-14(21)16-11-20-17(24-16)12-19-10-13-6-4-8-15(22-2)18(13)23-3/h4-9,11,19H,10,12H2,1-3H3. The minimum absolute atomic E-state index is 0.694. The lowest BCUT2D eigenvalue weighted by Crippen LogP contribution is -2.13. The van der Waals surface area contributed by atoms with Gasteiger partial charge in [0.2, 0.25) is 0 Å². The van der Waals surface area contributed by atoms with Crippen molar-refractivity contribution in [2.24, 2.45) is 7.05 Å². The van der Waals surface area contributed by atoms with Crippen molar-refractivity contribution in [2.75, 3.05) is 14.2 Å². The van der Waals surface area contributed by atoms with Gasteiger partial charge in [0.15, 0.2) is 11.5 Å². The van der Waals surface area contributed by atoms with Crippen LogP contribution in [-0.4, -0.2) is 23.8 Å². The number of aryl methyl sites for hydroxylation is 1. The van der Waals surface area contributed by atoms with Gasteiger partial charge in [0, 0.05) is 38.1 Å². The van der Waals surface area contributed by atoms with Gasteiger partial charge in [0.1, 0.15) is 5.01 Å². The number of aromatic nitrogens is 2. The molecular formula is C18H21N3O2S. The molecule has 0 aliphatic rings. The Morgan fingerprint density at radius 1 is 1.12 bits per heavy atom. The smallest absolute Gasteiger partial charge is 0.165 e. The number of hydrogen-bond acceptors (Lipinski definition) is 5. The molecule has 3 rings (SSSR count). The molecule has 0 unspecified atom stereocenters. The van der Waals surface area contributed by atoms with Crippen molar-refractivity contribution in [3.8, 4) is 22.1 Å². The van der Waals surface area contributed by atoms with Crippen LogP contribution < -0.4 is 14.8 Å². The van der Waals surface area contributed by atoms with Crippen LogP contribution in [0.15, 0.2) is 42.7 Å². The van der Waals surface area contributed by atoms with Crippen LogP contribution in [-0.2, 0) is 20.1 Å². The Kier molecular flexibility index (Phi) is 5.17. The number of benzene rings is 1. The van der Waals surface area contributed by atoms with E-state index in [0.717, 1.165) is 28.6 Å². The summed E-state index contributed by atoms with van der Waals surface area (Å²) in [5.41, 5.74) is 2.25. The second-order valence-corrected chi connectivity index (χ2v) is 6.49. The van der Waals surface area contributed by atoms with Crippen LogP contribution in [0.4, 0.5) is 0 Å². The summed E-state index contributed by atoms with van der Waals surface area (Å²) in [4.78, 5) is 5.69. The van der Waals surface area contributed by atoms with E-state index in [1.54, 1.807) is 25.6 Å². The van der Waals surface area contributed by atoms with Crippen molar-refractivity contribution in [2.45, 2.75) is 13.1 Å². The van der Waals surface area contributed by atoms with Gasteiger partial charge in [-0.15, -0.1) is 11.3 Å². The van der Waals surface area contributed by atoms with Gasteiger partial charge in [-0.25, -0.2) is 4.98 Å². The number of rotatable bonds is 7. The quantitative estimate of drug-likeness (QED) is 0.714. The maximum Gasteiger partial charge on any atom is 0.165 e. The summed E-state index contributed by atoms with van der Waals surface area (Å²) in [6.45, 7) is 1.41. The van der Waals surface area contributed by atoms with Crippen LogP contribution in [0.25, 0.3) is 10.6 Å². The number of methoxy groups -OCH3 is 2. The first-order valence-electron chi connectivity index (χ1n) is 7.70. The Hall–Kier alpha value is -2.31. The summed E-state index contributed by atoms with van der Waals surface area (Å²) in [7, 11) is 5.35. The van der Waals surface area contributed by atoms with Crippen LogP contribution >= 0.6 is 11.3 Å². The Bertz CT molecular complexity index is 810. The molecule has 5 nitrogen and oxygen atoms in total. The number of ether oxygens (including phenoxy) is 2. The van der Waals surface area contributed by atoms with Gasteiger partial charge in [0.25, 0.3) is 0 Å². The fraction of sp³-hybridized carbons (Fsp3) is 0.278. The molecule has 0 radical (unpaired) electrons. The van der Waals surface area contributed by atoms with E-state index in [4.69, 9.17) is 9.47 Å². The molecule has 2 aromatic heterocycles. The zero-order valence-corrected chi connectivity index (χ0v) is 14.9. The maximum atomic E-state index is 5.46. The van der Waals surface area contributed by atoms with Gasteiger partial charge >= 0.3 is 0 Å². The van der Waals surface area contributed by atoms with Crippen molar-refractivity contribution in [1.29, 1.82) is 0 Å². The molecule has 1 aromatic carbocycles. The first-order chi connectivity index (χ1) is 11.7. The highest BCUT2D eigenvalue weighted by molar-refractivity contribution is 7.15. The lowest BCUT2D eigenvalue weighted by atomic mass is 10.2. The van der Waals surface area contributed by atoms with Crippen LogP contribution in [0.1, 0.15) is 10.6 Å². The second kappa shape index (κ2) is 7.51. The molecule has 0 aliphatic heterocycles. The number of nitrogens with zero attached hydrogens (tertiary/aromatic N) is 2. The Balaban J connectivity index is 1.64. The van der Waals surface area contributed by atoms with Crippen LogP contribution in [0.3, 0.4) is 0 Å². The van der Waals surface area contributed by atoms with Gasteiger partial charge in [0.05, 0.1) is 24.8 Å². The average Bonchev–Trinajstić information content (AvgIpc) is 3.23. The fourth-order valence-corrected chi connectivity index (χ4v) is 3.58. The van der Waals surface area contributed by atoms with Gasteiger partial charge < -0.3 is 19.4 Å². The van der Waals surface area contributed by atoms with E-state index < -0.39 is 0 Å². The normalized spacial score (nSPS) is 10.8. The molecule has 3 aromatic rings. The van der Waals surface area contributed by atoms with E-state index >= 15 is 0 Å². The van der Waals surface area contributed by atoms with E-state index in [0.29, 0.717) is 6.54 Å². The molecule has 0 spiro atoms. The Labute approximate surface area is 145 Å². The van der Waals surface area contributed by atoms with Crippen LogP contribution in [0.5, 0.6) is 11.5 Å². The molecule has 0 aliphatic carbocycles. The lowest BCUT2D eigenvalue weighted by Gasteiger charge is -2.12. The van der Waals surface area contributed by atoms with Gasteiger partial charge in [-0.2, -0.15) is 0 Å². The molecule has 0 amide bonds. The SMILES string of the molecule is COc1cccc(CNCc2ncc(-c3cccn3C)s2)c1OC. The maximum absolute atomic E-state index is 5.46. The number of nitrogens with one attached hydrogen (secondary N) is 1. The summed E-state index contributed by atoms with van der Waals surface area (Å²) in [6, 6.07) is 10.0. The van der Waals surface area contributed by atoms with Crippen LogP contribution in [0.2, 0.25) is 0 Å². The highest BCUT2D eigenvalue weighted by Crippen LogP contribution is 2.30. The van der Waals surface area contributed by atoms with E-state index in [1.807, 2.05) is 43.7 Å². The van der Waals surface area contributed by atoms with Crippen molar-refractivity contribution < 1.29 is 9.47 Å². The van der Waals surface area contributed by atoms with Gasteiger partial charge in [-0.3, -0.25) is 0 Å². The molecule has 126 valence electrons. The molecule has 6 heteroatoms. The van der Waals surface area contributed by atoms with E-state index in [9.17, 15) is 0 Å².